The van der Waals surface area contributed by atoms with Crippen LogP contribution in [0.3, 0.4) is 0 Å². The SMILES string of the molecule is COc1cc(/C=N/N2CC(=O)NC2=O)ccc1OCC(=O)N1CCOCC1. The van der Waals surface area contributed by atoms with Crippen molar-refractivity contribution in [2.75, 3.05) is 46.6 Å². The van der Waals surface area contributed by atoms with Crippen molar-refractivity contribution in [2.24, 2.45) is 5.10 Å². The van der Waals surface area contributed by atoms with Gasteiger partial charge in [-0.3, -0.25) is 14.9 Å². The molecule has 0 aromatic heterocycles. The third kappa shape index (κ3) is 4.73. The predicted octanol–water partition coefficient (Wildman–Crippen LogP) is -0.181. The smallest absolute Gasteiger partial charge is 0.344 e. The van der Waals surface area contributed by atoms with Gasteiger partial charge in [0.1, 0.15) is 6.54 Å². The van der Waals surface area contributed by atoms with Crippen LogP contribution in [0.15, 0.2) is 23.3 Å². The van der Waals surface area contributed by atoms with Gasteiger partial charge in [0.05, 0.1) is 26.5 Å². The van der Waals surface area contributed by atoms with E-state index in [2.05, 4.69) is 10.4 Å². The molecule has 2 aliphatic heterocycles. The van der Waals surface area contributed by atoms with Crippen LogP contribution in [0, 0.1) is 0 Å². The summed E-state index contributed by atoms with van der Waals surface area (Å²) in [6, 6.07) is 4.46. The van der Waals surface area contributed by atoms with Crippen LogP contribution in [0.5, 0.6) is 11.5 Å². The number of nitrogens with zero attached hydrogens (tertiary/aromatic N) is 3. The van der Waals surface area contributed by atoms with Crippen molar-refractivity contribution >= 4 is 24.1 Å². The first-order valence-corrected chi connectivity index (χ1v) is 8.38. The lowest BCUT2D eigenvalue weighted by Crippen LogP contribution is -2.43. The first-order valence-electron chi connectivity index (χ1n) is 8.38. The average Bonchev–Trinajstić information content (AvgIpc) is 3.02. The second-order valence-corrected chi connectivity index (χ2v) is 5.85. The average molecular weight is 376 g/mol. The number of rotatable bonds is 6. The van der Waals surface area contributed by atoms with Crippen LogP contribution < -0.4 is 14.8 Å². The standard InChI is InChI=1S/C17H20N4O6/c1-25-14-8-12(9-18-21-10-15(22)19-17(21)24)2-3-13(14)27-11-16(23)20-4-6-26-7-5-20/h2-3,8-9H,4-7,10-11H2,1H3,(H,19,22,24)/b18-9+. The van der Waals surface area contributed by atoms with Crippen LogP contribution >= 0.6 is 0 Å². The third-order valence-electron chi connectivity index (χ3n) is 4.02. The van der Waals surface area contributed by atoms with E-state index in [1.54, 1.807) is 23.1 Å². The lowest BCUT2D eigenvalue weighted by atomic mass is 10.2. The minimum atomic E-state index is -0.565. The van der Waals surface area contributed by atoms with Crippen molar-refractivity contribution < 1.29 is 28.6 Å². The van der Waals surface area contributed by atoms with E-state index in [4.69, 9.17) is 14.2 Å². The van der Waals surface area contributed by atoms with Gasteiger partial charge in [-0.1, -0.05) is 0 Å². The summed E-state index contributed by atoms with van der Waals surface area (Å²) >= 11 is 0. The number of hydrazone groups is 1. The molecular weight excluding hydrogens is 356 g/mol. The van der Waals surface area contributed by atoms with E-state index in [0.29, 0.717) is 43.4 Å². The van der Waals surface area contributed by atoms with Crippen molar-refractivity contribution in [3.63, 3.8) is 0 Å². The third-order valence-corrected chi connectivity index (χ3v) is 4.02. The van der Waals surface area contributed by atoms with Crippen molar-refractivity contribution in [1.29, 1.82) is 0 Å². The summed E-state index contributed by atoms with van der Waals surface area (Å²) < 4.78 is 16.1. The van der Waals surface area contributed by atoms with Gasteiger partial charge in [-0.05, 0) is 23.8 Å². The Morgan fingerprint density at radius 1 is 1.30 bits per heavy atom. The fourth-order valence-electron chi connectivity index (χ4n) is 2.59. The Morgan fingerprint density at radius 2 is 2.07 bits per heavy atom. The monoisotopic (exact) mass is 376 g/mol. The highest BCUT2D eigenvalue weighted by molar-refractivity contribution is 6.02. The Labute approximate surface area is 155 Å². The molecule has 2 heterocycles. The number of benzene rings is 1. The molecule has 0 saturated carbocycles. The molecule has 1 aromatic rings. The van der Waals surface area contributed by atoms with Crippen molar-refractivity contribution in [3.05, 3.63) is 23.8 Å². The van der Waals surface area contributed by atoms with E-state index in [0.717, 1.165) is 5.01 Å². The number of morpholine rings is 1. The maximum absolute atomic E-state index is 12.2. The molecule has 144 valence electrons. The van der Waals surface area contributed by atoms with Crippen molar-refractivity contribution in [3.8, 4) is 11.5 Å². The second kappa shape index (κ2) is 8.49. The summed E-state index contributed by atoms with van der Waals surface area (Å²) in [4.78, 5) is 36.4. The maximum atomic E-state index is 12.2. The number of hydrogen-bond donors (Lipinski definition) is 1. The predicted molar refractivity (Wildman–Crippen MR) is 93.7 cm³/mol. The second-order valence-electron chi connectivity index (χ2n) is 5.85. The number of methoxy groups -OCH3 is 1. The fourth-order valence-corrected chi connectivity index (χ4v) is 2.59. The Balaban J connectivity index is 1.61. The van der Waals surface area contributed by atoms with Crippen LogP contribution in [0.4, 0.5) is 4.79 Å². The molecule has 2 saturated heterocycles. The molecule has 1 aromatic carbocycles. The van der Waals surface area contributed by atoms with Crippen LogP contribution in [-0.2, 0) is 14.3 Å². The van der Waals surface area contributed by atoms with E-state index >= 15 is 0 Å². The van der Waals surface area contributed by atoms with Gasteiger partial charge in [0.25, 0.3) is 5.91 Å². The van der Waals surface area contributed by atoms with E-state index < -0.39 is 11.9 Å². The van der Waals surface area contributed by atoms with Gasteiger partial charge in [0.15, 0.2) is 18.1 Å². The Bertz CT molecular complexity index is 760. The molecule has 0 bridgehead atoms. The van der Waals surface area contributed by atoms with Crippen LogP contribution in [-0.4, -0.2) is 80.5 Å². The zero-order chi connectivity index (χ0) is 19.2. The number of nitrogens with one attached hydrogen (secondary N) is 1. The van der Waals surface area contributed by atoms with Gasteiger partial charge in [0, 0.05) is 13.1 Å². The molecule has 0 unspecified atom stereocenters. The molecule has 2 fully saturated rings. The zero-order valence-corrected chi connectivity index (χ0v) is 14.8. The molecule has 2 aliphatic rings. The molecule has 4 amide bonds. The van der Waals surface area contributed by atoms with Gasteiger partial charge < -0.3 is 19.1 Å². The van der Waals surface area contributed by atoms with E-state index in [1.807, 2.05) is 0 Å². The minimum Gasteiger partial charge on any atom is -0.493 e. The number of hydrogen-bond acceptors (Lipinski definition) is 7. The lowest BCUT2D eigenvalue weighted by Gasteiger charge is -2.26. The quantitative estimate of drug-likeness (QED) is 0.545. The number of carbonyl (C=O) groups excluding carboxylic acids is 3. The van der Waals surface area contributed by atoms with Gasteiger partial charge in [0.2, 0.25) is 5.91 Å². The first kappa shape index (κ1) is 18.6. The van der Waals surface area contributed by atoms with Gasteiger partial charge in [-0.25, -0.2) is 9.80 Å². The molecule has 0 spiro atoms. The van der Waals surface area contributed by atoms with Crippen molar-refractivity contribution in [1.82, 2.24) is 15.2 Å². The molecule has 10 nitrogen and oxygen atoms in total. The summed E-state index contributed by atoms with van der Waals surface area (Å²) in [7, 11) is 1.49. The topological polar surface area (TPSA) is 110 Å². The van der Waals surface area contributed by atoms with E-state index in [9.17, 15) is 14.4 Å². The first-order chi connectivity index (χ1) is 13.1. The van der Waals surface area contributed by atoms with Gasteiger partial charge in [-0.2, -0.15) is 5.10 Å². The number of amides is 4. The molecule has 1 N–H and O–H groups in total. The molecule has 0 radical (unpaired) electrons. The molecule has 3 rings (SSSR count). The molecule has 0 atom stereocenters. The summed E-state index contributed by atoms with van der Waals surface area (Å²) in [6.07, 6.45) is 1.43. The fraction of sp³-hybridized carbons (Fsp3) is 0.412. The lowest BCUT2D eigenvalue weighted by molar-refractivity contribution is -0.137. The van der Waals surface area contributed by atoms with Crippen molar-refractivity contribution in [2.45, 2.75) is 0 Å². The largest absolute Gasteiger partial charge is 0.493 e. The summed E-state index contributed by atoms with van der Waals surface area (Å²) in [6.45, 7) is 1.97. The highest BCUT2D eigenvalue weighted by Crippen LogP contribution is 2.27. The number of carbonyl (C=O) groups is 3. The minimum absolute atomic E-state index is 0.0974. The molecule has 10 heteroatoms. The maximum Gasteiger partial charge on any atom is 0.344 e. The normalized spacial score (nSPS) is 17.4. The Morgan fingerprint density at radius 3 is 2.74 bits per heavy atom. The summed E-state index contributed by atoms with van der Waals surface area (Å²) in [5.41, 5.74) is 0.644. The highest BCUT2D eigenvalue weighted by atomic mass is 16.5. The summed E-state index contributed by atoms with van der Waals surface area (Å²) in [5, 5.41) is 7.13. The number of ether oxygens (including phenoxy) is 3. The Kier molecular flexibility index (Phi) is 5.87. The molecular formula is C17H20N4O6. The van der Waals surface area contributed by atoms with Crippen LogP contribution in [0.1, 0.15) is 5.56 Å². The van der Waals surface area contributed by atoms with Gasteiger partial charge in [-0.15, -0.1) is 0 Å². The summed E-state index contributed by atoms with van der Waals surface area (Å²) in [5.74, 6) is 0.333. The Hall–Kier alpha value is -3.14. The number of urea groups is 1. The molecule has 0 aliphatic carbocycles. The van der Waals surface area contributed by atoms with E-state index in [-0.39, 0.29) is 19.1 Å². The van der Waals surface area contributed by atoms with Crippen LogP contribution in [0.25, 0.3) is 0 Å². The highest BCUT2D eigenvalue weighted by Gasteiger charge is 2.26. The zero-order valence-electron chi connectivity index (χ0n) is 14.8. The van der Waals surface area contributed by atoms with E-state index in [1.165, 1.54) is 13.3 Å². The van der Waals surface area contributed by atoms with Gasteiger partial charge >= 0.3 is 6.03 Å². The van der Waals surface area contributed by atoms with Crippen LogP contribution in [0.2, 0.25) is 0 Å². The number of imide groups is 1. The molecule has 27 heavy (non-hydrogen) atoms.